The van der Waals surface area contributed by atoms with E-state index in [1.807, 2.05) is 0 Å². The Kier molecular flexibility index (Phi) is 5.03. The van der Waals surface area contributed by atoms with E-state index in [-0.39, 0.29) is 23.8 Å². The Bertz CT molecular complexity index is 544. The Hall–Kier alpha value is -1.79. The summed E-state index contributed by atoms with van der Waals surface area (Å²) in [6, 6.07) is 4.28. The molecule has 114 valence electrons. The molecule has 1 aromatic rings. The summed E-state index contributed by atoms with van der Waals surface area (Å²) >= 11 is 5.74. The van der Waals surface area contributed by atoms with E-state index >= 15 is 0 Å². The van der Waals surface area contributed by atoms with Crippen molar-refractivity contribution >= 4 is 23.4 Å². The zero-order chi connectivity index (χ0) is 15.4. The van der Waals surface area contributed by atoms with Crippen molar-refractivity contribution in [3.63, 3.8) is 0 Å². The third kappa shape index (κ3) is 3.86. The van der Waals surface area contributed by atoms with Gasteiger partial charge in [-0.2, -0.15) is 0 Å². The lowest BCUT2D eigenvalue weighted by atomic mass is 10.1. The zero-order valence-electron chi connectivity index (χ0n) is 11.8. The number of phenols is 1. The molecule has 1 aliphatic rings. The van der Waals surface area contributed by atoms with Gasteiger partial charge in [-0.05, 0) is 18.2 Å². The molecule has 0 aliphatic carbocycles. The third-order valence-electron chi connectivity index (χ3n) is 3.38. The van der Waals surface area contributed by atoms with Gasteiger partial charge in [-0.1, -0.05) is 11.6 Å². The van der Waals surface area contributed by atoms with Crippen LogP contribution in [-0.4, -0.2) is 66.5 Å². The molecule has 0 bridgehead atoms. The van der Waals surface area contributed by atoms with Gasteiger partial charge >= 0.3 is 0 Å². The molecule has 0 unspecified atom stereocenters. The average Bonchev–Trinajstić information content (AvgIpc) is 2.47. The average molecular weight is 312 g/mol. The molecule has 0 aromatic heterocycles. The number of nitrogens with zero attached hydrogens (tertiary/aromatic N) is 2. The molecule has 1 fully saturated rings. The van der Waals surface area contributed by atoms with Crippen LogP contribution in [0.5, 0.6) is 5.75 Å². The number of phenolic OH excluding ortho intramolecular Hbond substituents is 1. The van der Waals surface area contributed by atoms with Crippen molar-refractivity contribution < 1.29 is 14.7 Å². The Morgan fingerprint density at radius 1 is 1.38 bits per heavy atom. The first-order valence-corrected chi connectivity index (χ1v) is 7.09. The predicted octanol–water partition coefficient (Wildman–Crippen LogP) is 0.549. The van der Waals surface area contributed by atoms with E-state index < -0.39 is 5.91 Å². The highest BCUT2D eigenvalue weighted by Gasteiger charge is 2.22. The first-order chi connectivity index (χ1) is 9.99. The number of hydrogen-bond acceptors (Lipinski definition) is 4. The minimum Gasteiger partial charge on any atom is -0.507 e. The maximum atomic E-state index is 12.2. The van der Waals surface area contributed by atoms with Crippen LogP contribution in [0.25, 0.3) is 0 Å². The summed E-state index contributed by atoms with van der Waals surface area (Å²) in [5.41, 5.74) is 0.134. The first-order valence-electron chi connectivity index (χ1n) is 6.71. The second kappa shape index (κ2) is 6.78. The van der Waals surface area contributed by atoms with Crippen molar-refractivity contribution in [2.75, 3.05) is 39.8 Å². The molecule has 1 aromatic carbocycles. The summed E-state index contributed by atoms with van der Waals surface area (Å²) in [6.07, 6.45) is 0. The van der Waals surface area contributed by atoms with Crippen molar-refractivity contribution in [1.29, 1.82) is 0 Å². The highest BCUT2D eigenvalue weighted by atomic mass is 35.5. The van der Waals surface area contributed by atoms with Crippen LogP contribution in [-0.2, 0) is 4.79 Å². The fraction of sp³-hybridized carbons (Fsp3) is 0.429. The topological polar surface area (TPSA) is 72.9 Å². The minimum atomic E-state index is -0.410. The first kappa shape index (κ1) is 15.6. The quantitative estimate of drug-likeness (QED) is 0.855. The lowest BCUT2D eigenvalue weighted by Crippen LogP contribution is -2.49. The number of amides is 2. The molecule has 0 saturated carbocycles. The van der Waals surface area contributed by atoms with Crippen molar-refractivity contribution in [3.8, 4) is 5.75 Å². The SMILES string of the molecule is CN(CC(=O)N1CCNCC1)C(=O)c1ccc(Cl)cc1O. The molecule has 21 heavy (non-hydrogen) atoms. The van der Waals surface area contributed by atoms with Gasteiger partial charge in [0.15, 0.2) is 0 Å². The summed E-state index contributed by atoms with van der Waals surface area (Å²) in [5, 5.41) is 13.3. The second-order valence-corrected chi connectivity index (χ2v) is 5.39. The maximum absolute atomic E-state index is 12.2. The van der Waals surface area contributed by atoms with Crippen LogP contribution in [0.4, 0.5) is 0 Å². The monoisotopic (exact) mass is 311 g/mol. The van der Waals surface area contributed by atoms with Gasteiger partial charge in [0.25, 0.3) is 5.91 Å². The molecular weight excluding hydrogens is 294 g/mol. The number of rotatable bonds is 3. The van der Waals surface area contributed by atoms with Crippen molar-refractivity contribution in [2.24, 2.45) is 0 Å². The van der Waals surface area contributed by atoms with Crippen molar-refractivity contribution in [3.05, 3.63) is 28.8 Å². The fourth-order valence-corrected chi connectivity index (χ4v) is 2.35. The summed E-state index contributed by atoms with van der Waals surface area (Å²) in [7, 11) is 1.54. The highest BCUT2D eigenvalue weighted by Crippen LogP contribution is 2.22. The molecular formula is C14H18ClN3O3. The molecule has 1 saturated heterocycles. The fourth-order valence-electron chi connectivity index (χ4n) is 2.18. The maximum Gasteiger partial charge on any atom is 0.257 e. The van der Waals surface area contributed by atoms with E-state index in [1.54, 1.807) is 4.90 Å². The summed E-state index contributed by atoms with van der Waals surface area (Å²) < 4.78 is 0. The van der Waals surface area contributed by atoms with Gasteiger partial charge in [-0.25, -0.2) is 0 Å². The normalized spacial score (nSPS) is 14.9. The molecule has 1 aliphatic heterocycles. The Balaban J connectivity index is 2.00. The number of carbonyl (C=O) groups excluding carboxylic acids is 2. The van der Waals surface area contributed by atoms with Crippen LogP contribution in [0.3, 0.4) is 0 Å². The number of aromatic hydroxyl groups is 1. The van der Waals surface area contributed by atoms with E-state index in [0.717, 1.165) is 13.1 Å². The Morgan fingerprint density at radius 2 is 2.05 bits per heavy atom. The van der Waals surface area contributed by atoms with Gasteiger partial charge in [0.1, 0.15) is 5.75 Å². The van der Waals surface area contributed by atoms with Crippen molar-refractivity contribution in [1.82, 2.24) is 15.1 Å². The molecule has 2 N–H and O–H groups in total. The molecule has 2 rings (SSSR count). The highest BCUT2D eigenvalue weighted by molar-refractivity contribution is 6.30. The zero-order valence-corrected chi connectivity index (χ0v) is 12.6. The smallest absolute Gasteiger partial charge is 0.257 e. The Morgan fingerprint density at radius 3 is 2.67 bits per heavy atom. The largest absolute Gasteiger partial charge is 0.507 e. The lowest BCUT2D eigenvalue weighted by molar-refractivity contribution is -0.132. The molecule has 0 atom stereocenters. The van der Waals surface area contributed by atoms with Crippen LogP contribution in [0, 0.1) is 0 Å². The van der Waals surface area contributed by atoms with Crippen LogP contribution < -0.4 is 5.32 Å². The van der Waals surface area contributed by atoms with Gasteiger partial charge in [-0.3, -0.25) is 9.59 Å². The van der Waals surface area contributed by atoms with Crippen LogP contribution in [0.15, 0.2) is 18.2 Å². The van der Waals surface area contributed by atoms with E-state index in [0.29, 0.717) is 18.1 Å². The number of likely N-dealkylation sites (N-methyl/N-ethyl adjacent to an activating group) is 1. The number of hydrogen-bond donors (Lipinski definition) is 2. The number of piperazine rings is 1. The van der Waals surface area contributed by atoms with Gasteiger partial charge in [0, 0.05) is 38.2 Å². The summed E-state index contributed by atoms with van der Waals surface area (Å²) in [5.74, 6) is -0.692. The van der Waals surface area contributed by atoms with E-state index in [4.69, 9.17) is 11.6 Å². The van der Waals surface area contributed by atoms with Gasteiger partial charge < -0.3 is 20.2 Å². The molecule has 6 nitrogen and oxygen atoms in total. The van der Waals surface area contributed by atoms with E-state index in [9.17, 15) is 14.7 Å². The molecule has 7 heteroatoms. The lowest BCUT2D eigenvalue weighted by Gasteiger charge is -2.29. The second-order valence-electron chi connectivity index (χ2n) is 4.95. The Labute approximate surface area is 128 Å². The molecule has 0 radical (unpaired) electrons. The number of halogens is 1. The van der Waals surface area contributed by atoms with Crippen LogP contribution >= 0.6 is 11.6 Å². The molecule has 0 spiro atoms. The molecule has 2 amide bonds. The number of carbonyl (C=O) groups is 2. The van der Waals surface area contributed by atoms with E-state index in [2.05, 4.69) is 5.32 Å². The summed E-state index contributed by atoms with van der Waals surface area (Å²) in [6.45, 7) is 2.81. The third-order valence-corrected chi connectivity index (χ3v) is 3.61. The minimum absolute atomic E-state index is 0.0130. The van der Waals surface area contributed by atoms with Crippen molar-refractivity contribution in [2.45, 2.75) is 0 Å². The molecule has 1 heterocycles. The number of nitrogens with one attached hydrogen (secondary N) is 1. The van der Waals surface area contributed by atoms with Gasteiger partial charge in [-0.15, -0.1) is 0 Å². The standard InChI is InChI=1S/C14H18ClN3O3/c1-17(9-13(20)18-6-4-16-5-7-18)14(21)11-3-2-10(15)8-12(11)19/h2-3,8,16,19H,4-7,9H2,1H3. The van der Waals surface area contributed by atoms with E-state index in [1.165, 1.54) is 30.1 Å². The van der Waals surface area contributed by atoms with Gasteiger partial charge in [0.05, 0.1) is 12.1 Å². The van der Waals surface area contributed by atoms with Gasteiger partial charge in [0.2, 0.25) is 5.91 Å². The van der Waals surface area contributed by atoms with Crippen LogP contribution in [0.2, 0.25) is 5.02 Å². The summed E-state index contributed by atoms with van der Waals surface area (Å²) in [4.78, 5) is 27.4. The number of benzene rings is 1. The predicted molar refractivity (Wildman–Crippen MR) is 79.5 cm³/mol. The van der Waals surface area contributed by atoms with Crippen LogP contribution in [0.1, 0.15) is 10.4 Å².